The maximum atomic E-state index is 12.2. The molecule has 3 aromatic rings. The van der Waals surface area contributed by atoms with Gasteiger partial charge in [0, 0.05) is 10.2 Å². The minimum absolute atomic E-state index is 0.180. The molecule has 0 saturated carbocycles. The van der Waals surface area contributed by atoms with Gasteiger partial charge < -0.3 is 10.1 Å². The number of benzene rings is 3. The van der Waals surface area contributed by atoms with Gasteiger partial charge in [-0.15, -0.1) is 0 Å². The van der Waals surface area contributed by atoms with Crippen LogP contribution in [0, 0.1) is 0 Å². The largest absolute Gasteiger partial charge is 0.481 e. The van der Waals surface area contributed by atoms with Crippen molar-refractivity contribution < 1.29 is 9.53 Å². The Morgan fingerprint density at radius 3 is 2.43 bits per heavy atom. The summed E-state index contributed by atoms with van der Waals surface area (Å²) in [5, 5.41) is 5.08. The molecule has 1 N–H and O–H groups in total. The number of ether oxygens (including phenoxy) is 1. The van der Waals surface area contributed by atoms with E-state index in [4.69, 9.17) is 4.74 Å². The third kappa shape index (κ3) is 3.90. The molecule has 0 spiro atoms. The topological polar surface area (TPSA) is 38.3 Å². The molecule has 0 aliphatic rings. The van der Waals surface area contributed by atoms with E-state index in [1.54, 1.807) is 6.92 Å². The molecule has 0 aliphatic heterocycles. The molecule has 0 fully saturated rings. The molecule has 0 aromatic heterocycles. The number of hydrogen-bond donors (Lipinski definition) is 1. The van der Waals surface area contributed by atoms with Crippen molar-refractivity contribution in [1.29, 1.82) is 0 Å². The highest BCUT2D eigenvalue weighted by Crippen LogP contribution is 2.22. The fraction of sp³-hybridized carbons (Fsp3) is 0.105. The number of halogens is 1. The zero-order chi connectivity index (χ0) is 16.2. The van der Waals surface area contributed by atoms with Crippen molar-refractivity contribution in [2.24, 2.45) is 0 Å². The summed E-state index contributed by atoms with van der Waals surface area (Å²) in [7, 11) is 0. The summed E-state index contributed by atoms with van der Waals surface area (Å²) in [4.78, 5) is 12.2. The molecular formula is C19H16BrNO2. The van der Waals surface area contributed by atoms with Crippen molar-refractivity contribution >= 4 is 38.3 Å². The molecule has 1 atom stereocenters. The molecule has 23 heavy (non-hydrogen) atoms. The van der Waals surface area contributed by atoms with Crippen molar-refractivity contribution in [2.75, 3.05) is 5.32 Å². The Morgan fingerprint density at radius 2 is 1.70 bits per heavy atom. The van der Waals surface area contributed by atoms with Gasteiger partial charge in [-0.05, 0) is 54.1 Å². The van der Waals surface area contributed by atoms with Gasteiger partial charge in [0.25, 0.3) is 5.91 Å². The number of carbonyl (C=O) groups is 1. The van der Waals surface area contributed by atoms with Crippen LogP contribution in [0.3, 0.4) is 0 Å². The monoisotopic (exact) mass is 369 g/mol. The number of rotatable bonds is 4. The molecule has 0 saturated heterocycles. The number of carbonyl (C=O) groups excluding carboxylic acids is 1. The second-order valence-corrected chi connectivity index (χ2v) is 6.18. The van der Waals surface area contributed by atoms with Crippen molar-refractivity contribution in [3.8, 4) is 5.75 Å². The molecule has 0 radical (unpaired) electrons. The molecule has 0 bridgehead atoms. The summed E-state index contributed by atoms with van der Waals surface area (Å²) in [6, 6.07) is 21.3. The Balaban J connectivity index is 1.68. The predicted octanol–water partition coefficient (Wildman–Crippen LogP) is 5.01. The Hall–Kier alpha value is -2.33. The van der Waals surface area contributed by atoms with E-state index in [1.165, 1.54) is 0 Å². The zero-order valence-corrected chi connectivity index (χ0v) is 14.2. The van der Waals surface area contributed by atoms with E-state index >= 15 is 0 Å². The summed E-state index contributed by atoms with van der Waals surface area (Å²) in [5.41, 5.74) is 0.743. The van der Waals surface area contributed by atoms with E-state index in [-0.39, 0.29) is 5.91 Å². The molecule has 1 unspecified atom stereocenters. The SMILES string of the molecule is CC(Oc1ccc2ccccc2c1)C(=O)Nc1ccc(Br)cc1. The number of hydrogen-bond acceptors (Lipinski definition) is 2. The first-order valence-corrected chi connectivity index (χ1v) is 8.13. The van der Waals surface area contributed by atoms with Crippen LogP contribution in [0.1, 0.15) is 6.92 Å². The summed E-state index contributed by atoms with van der Waals surface area (Å²) < 4.78 is 6.73. The average molecular weight is 370 g/mol. The van der Waals surface area contributed by atoms with Crippen molar-refractivity contribution in [2.45, 2.75) is 13.0 Å². The highest BCUT2D eigenvalue weighted by molar-refractivity contribution is 9.10. The van der Waals surface area contributed by atoms with Crippen LogP contribution in [-0.4, -0.2) is 12.0 Å². The van der Waals surface area contributed by atoms with Crippen LogP contribution in [-0.2, 0) is 4.79 Å². The molecule has 116 valence electrons. The summed E-state index contributed by atoms with van der Waals surface area (Å²) in [6.07, 6.45) is -0.584. The second kappa shape index (κ2) is 6.84. The Labute approximate surface area is 143 Å². The van der Waals surface area contributed by atoms with Gasteiger partial charge in [0.05, 0.1) is 0 Å². The molecule has 0 aliphatic carbocycles. The highest BCUT2D eigenvalue weighted by atomic mass is 79.9. The molecule has 4 heteroatoms. The molecule has 0 heterocycles. The summed E-state index contributed by atoms with van der Waals surface area (Å²) >= 11 is 3.37. The van der Waals surface area contributed by atoms with Gasteiger partial charge in [-0.3, -0.25) is 4.79 Å². The van der Waals surface area contributed by atoms with Crippen molar-refractivity contribution in [1.82, 2.24) is 0 Å². The van der Waals surface area contributed by atoms with Gasteiger partial charge in [-0.25, -0.2) is 0 Å². The average Bonchev–Trinajstić information content (AvgIpc) is 2.56. The number of amides is 1. The lowest BCUT2D eigenvalue weighted by Gasteiger charge is -2.15. The minimum atomic E-state index is -0.584. The molecule has 3 rings (SSSR count). The number of anilines is 1. The summed E-state index contributed by atoms with van der Waals surface area (Å²) in [6.45, 7) is 1.74. The molecular weight excluding hydrogens is 354 g/mol. The van der Waals surface area contributed by atoms with Crippen LogP contribution in [0.15, 0.2) is 71.2 Å². The van der Waals surface area contributed by atoms with E-state index in [0.29, 0.717) is 5.75 Å². The van der Waals surface area contributed by atoms with Crippen LogP contribution >= 0.6 is 15.9 Å². The predicted molar refractivity (Wildman–Crippen MR) is 96.8 cm³/mol. The van der Waals surface area contributed by atoms with Crippen LogP contribution in [0.25, 0.3) is 10.8 Å². The number of fused-ring (bicyclic) bond motifs is 1. The fourth-order valence-corrected chi connectivity index (χ4v) is 2.54. The lowest BCUT2D eigenvalue weighted by Crippen LogP contribution is -2.30. The first-order valence-electron chi connectivity index (χ1n) is 7.34. The first kappa shape index (κ1) is 15.6. The van der Waals surface area contributed by atoms with E-state index < -0.39 is 6.10 Å². The quantitative estimate of drug-likeness (QED) is 0.701. The first-order chi connectivity index (χ1) is 11.1. The van der Waals surface area contributed by atoms with E-state index in [2.05, 4.69) is 21.2 Å². The van der Waals surface area contributed by atoms with E-state index in [1.807, 2.05) is 66.7 Å². The van der Waals surface area contributed by atoms with Crippen LogP contribution in [0.5, 0.6) is 5.75 Å². The van der Waals surface area contributed by atoms with Crippen LogP contribution in [0.4, 0.5) is 5.69 Å². The van der Waals surface area contributed by atoms with Gasteiger partial charge >= 0.3 is 0 Å². The third-order valence-corrected chi connectivity index (χ3v) is 4.04. The van der Waals surface area contributed by atoms with Gasteiger partial charge in [0.1, 0.15) is 5.75 Å². The van der Waals surface area contributed by atoms with Gasteiger partial charge in [0.15, 0.2) is 6.10 Å². The van der Waals surface area contributed by atoms with E-state index in [9.17, 15) is 4.79 Å². The van der Waals surface area contributed by atoms with Crippen LogP contribution < -0.4 is 10.1 Å². The standard InChI is InChI=1S/C19H16BrNO2/c1-13(19(22)21-17-9-7-16(20)8-10-17)23-18-11-6-14-4-2-3-5-15(14)12-18/h2-13H,1H3,(H,21,22). The molecule has 3 nitrogen and oxygen atoms in total. The number of nitrogens with one attached hydrogen (secondary N) is 1. The highest BCUT2D eigenvalue weighted by Gasteiger charge is 2.15. The third-order valence-electron chi connectivity index (χ3n) is 3.51. The Morgan fingerprint density at radius 1 is 1.00 bits per heavy atom. The van der Waals surface area contributed by atoms with Gasteiger partial charge in [-0.2, -0.15) is 0 Å². The summed E-state index contributed by atoms with van der Waals surface area (Å²) in [5.74, 6) is 0.502. The zero-order valence-electron chi connectivity index (χ0n) is 12.6. The second-order valence-electron chi connectivity index (χ2n) is 5.27. The Bertz CT molecular complexity index is 830. The minimum Gasteiger partial charge on any atom is -0.481 e. The van der Waals surface area contributed by atoms with Gasteiger partial charge in [0.2, 0.25) is 0 Å². The smallest absolute Gasteiger partial charge is 0.265 e. The van der Waals surface area contributed by atoms with Gasteiger partial charge in [-0.1, -0.05) is 46.3 Å². The van der Waals surface area contributed by atoms with Crippen molar-refractivity contribution in [3.05, 3.63) is 71.2 Å². The fourth-order valence-electron chi connectivity index (χ4n) is 2.28. The molecule has 3 aromatic carbocycles. The van der Waals surface area contributed by atoms with E-state index in [0.717, 1.165) is 20.9 Å². The lowest BCUT2D eigenvalue weighted by atomic mass is 10.1. The maximum absolute atomic E-state index is 12.2. The lowest BCUT2D eigenvalue weighted by molar-refractivity contribution is -0.122. The Kier molecular flexibility index (Phi) is 4.63. The maximum Gasteiger partial charge on any atom is 0.265 e. The van der Waals surface area contributed by atoms with Crippen LogP contribution in [0.2, 0.25) is 0 Å². The molecule has 1 amide bonds. The van der Waals surface area contributed by atoms with Crippen molar-refractivity contribution in [3.63, 3.8) is 0 Å². The normalized spacial score (nSPS) is 11.9.